The number of nitrogens with two attached hydrogens (primary N) is 1. The van der Waals surface area contributed by atoms with Crippen molar-refractivity contribution < 1.29 is 9.47 Å². The van der Waals surface area contributed by atoms with E-state index in [1.165, 1.54) is 5.52 Å². The second-order valence-corrected chi connectivity index (χ2v) is 8.47. The van der Waals surface area contributed by atoms with Gasteiger partial charge in [-0.25, -0.2) is 9.97 Å². The summed E-state index contributed by atoms with van der Waals surface area (Å²) in [5, 5.41) is 0.751. The van der Waals surface area contributed by atoms with Gasteiger partial charge >= 0.3 is 0 Å². The molecule has 33 heavy (non-hydrogen) atoms. The number of hydrogen-bond donors (Lipinski definition) is 1. The lowest BCUT2D eigenvalue weighted by atomic mass is 10.2. The number of anilines is 3. The van der Waals surface area contributed by atoms with Crippen molar-refractivity contribution in [3.63, 3.8) is 0 Å². The lowest BCUT2D eigenvalue weighted by Crippen LogP contribution is -2.48. The van der Waals surface area contributed by atoms with Crippen LogP contribution in [0.3, 0.4) is 0 Å². The van der Waals surface area contributed by atoms with E-state index in [4.69, 9.17) is 25.2 Å². The molecule has 4 aromatic rings. The largest absolute Gasteiger partial charge is 0.493 e. The van der Waals surface area contributed by atoms with E-state index in [-0.39, 0.29) is 0 Å². The van der Waals surface area contributed by atoms with Crippen molar-refractivity contribution in [3.8, 4) is 11.5 Å². The molecule has 0 aliphatic carbocycles. The molecule has 2 aromatic heterocycles. The molecule has 0 bridgehead atoms. The fraction of sp³-hybridized carbons (Fsp3) is 0.375. The normalized spacial score (nSPS) is 14.5. The van der Waals surface area contributed by atoms with Gasteiger partial charge in [-0.3, -0.25) is 0 Å². The summed E-state index contributed by atoms with van der Waals surface area (Å²) in [4.78, 5) is 18.8. The van der Waals surface area contributed by atoms with Gasteiger partial charge in [0.1, 0.15) is 5.82 Å². The predicted molar refractivity (Wildman–Crippen MR) is 132 cm³/mol. The number of hydrogen-bond acceptors (Lipinski definition) is 8. The predicted octanol–water partition coefficient (Wildman–Crippen LogP) is 3.49. The Kier molecular flexibility index (Phi) is 5.32. The van der Waals surface area contributed by atoms with Gasteiger partial charge in [-0.1, -0.05) is 12.1 Å². The van der Waals surface area contributed by atoms with Crippen molar-refractivity contribution in [3.05, 3.63) is 36.4 Å². The zero-order valence-corrected chi connectivity index (χ0v) is 19.4. The highest BCUT2D eigenvalue weighted by Crippen LogP contribution is 2.34. The standard InChI is InChI=1S/C24H29N7O2/c1-15(2)31-19-8-6-5-7-17(19)27-24(31)30-11-9-29(10-12-30)23-26-18-14-21(33-4)20(32-3)13-16(18)22(25)28-23/h5-8,13-15H,9-12H2,1-4H3,(H2,25,26,28). The van der Waals surface area contributed by atoms with E-state index < -0.39 is 0 Å². The van der Waals surface area contributed by atoms with Crippen LogP contribution in [-0.2, 0) is 0 Å². The Morgan fingerprint density at radius 1 is 0.848 bits per heavy atom. The molecule has 0 radical (unpaired) electrons. The van der Waals surface area contributed by atoms with Crippen molar-refractivity contribution in [1.82, 2.24) is 19.5 Å². The first-order chi connectivity index (χ1) is 16.0. The molecule has 5 rings (SSSR count). The summed E-state index contributed by atoms with van der Waals surface area (Å²) in [6.45, 7) is 7.59. The molecule has 1 saturated heterocycles. The number of benzene rings is 2. The average Bonchev–Trinajstić information content (AvgIpc) is 3.23. The first-order valence-corrected chi connectivity index (χ1v) is 11.2. The van der Waals surface area contributed by atoms with Gasteiger partial charge < -0.3 is 29.6 Å². The molecular weight excluding hydrogens is 418 g/mol. The summed E-state index contributed by atoms with van der Waals surface area (Å²) in [6, 6.07) is 12.3. The lowest BCUT2D eigenvalue weighted by Gasteiger charge is -2.36. The maximum absolute atomic E-state index is 6.30. The quantitative estimate of drug-likeness (QED) is 0.497. The molecule has 0 atom stereocenters. The monoisotopic (exact) mass is 447 g/mol. The number of imidazole rings is 1. The minimum atomic E-state index is 0.320. The molecule has 0 amide bonds. The van der Waals surface area contributed by atoms with Crippen molar-refractivity contribution in [1.29, 1.82) is 0 Å². The number of nitrogens with zero attached hydrogens (tertiary/aromatic N) is 6. The zero-order valence-electron chi connectivity index (χ0n) is 19.4. The van der Waals surface area contributed by atoms with Crippen molar-refractivity contribution >= 4 is 39.7 Å². The number of aromatic nitrogens is 4. The average molecular weight is 448 g/mol. The number of ether oxygens (including phenoxy) is 2. The topological polar surface area (TPSA) is 94.6 Å². The number of rotatable bonds is 5. The van der Waals surface area contributed by atoms with Gasteiger partial charge in [-0.2, -0.15) is 4.98 Å². The second-order valence-electron chi connectivity index (χ2n) is 8.47. The molecular formula is C24H29N7O2. The Balaban J connectivity index is 1.42. The minimum Gasteiger partial charge on any atom is -0.493 e. The first kappa shape index (κ1) is 21.1. The van der Waals surface area contributed by atoms with Crippen LogP contribution in [0.2, 0.25) is 0 Å². The van der Waals surface area contributed by atoms with Crippen LogP contribution in [0.25, 0.3) is 21.9 Å². The van der Waals surface area contributed by atoms with E-state index in [0.717, 1.165) is 48.5 Å². The van der Waals surface area contributed by atoms with Gasteiger partial charge in [0.05, 0.1) is 30.8 Å². The fourth-order valence-corrected chi connectivity index (χ4v) is 4.48. The maximum atomic E-state index is 6.30. The van der Waals surface area contributed by atoms with Crippen LogP contribution in [0.5, 0.6) is 11.5 Å². The molecule has 0 spiro atoms. The van der Waals surface area contributed by atoms with Crippen LogP contribution >= 0.6 is 0 Å². The third-order valence-corrected chi connectivity index (χ3v) is 6.16. The number of methoxy groups -OCH3 is 2. The van der Waals surface area contributed by atoms with Gasteiger partial charge in [0.15, 0.2) is 11.5 Å². The van der Waals surface area contributed by atoms with Crippen LogP contribution in [0.4, 0.5) is 17.7 Å². The van der Waals surface area contributed by atoms with Crippen LogP contribution in [-0.4, -0.2) is 59.9 Å². The van der Waals surface area contributed by atoms with E-state index in [0.29, 0.717) is 29.3 Å². The maximum Gasteiger partial charge on any atom is 0.228 e. The van der Waals surface area contributed by atoms with Crippen LogP contribution < -0.4 is 25.0 Å². The van der Waals surface area contributed by atoms with E-state index in [1.807, 2.05) is 18.2 Å². The van der Waals surface area contributed by atoms with Crippen LogP contribution in [0, 0.1) is 0 Å². The third-order valence-electron chi connectivity index (χ3n) is 6.16. The smallest absolute Gasteiger partial charge is 0.228 e. The molecule has 1 fully saturated rings. The van der Waals surface area contributed by atoms with Gasteiger partial charge in [0.25, 0.3) is 0 Å². The Labute approximate surface area is 192 Å². The Bertz CT molecular complexity index is 1310. The van der Waals surface area contributed by atoms with Gasteiger partial charge in [0, 0.05) is 43.7 Å². The number of para-hydroxylation sites is 2. The number of fused-ring (bicyclic) bond motifs is 2. The molecule has 3 heterocycles. The highest BCUT2D eigenvalue weighted by Gasteiger charge is 2.25. The van der Waals surface area contributed by atoms with Crippen molar-refractivity contribution in [2.24, 2.45) is 0 Å². The molecule has 2 aromatic carbocycles. The molecule has 1 aliphatic rings. The molecule has 0 unspecified atom stereocenters. The van der Waals surface area contributed by atoms with Crippen LogP contribution in [0.15, 0.2) is 36.4 Å². The zero-order chi connectivity index (χ0) is 23.1. The van der Waals surface area contributed by atoms with Gasteiger partial charge in [-0.15, -0.1) is 0 Å². The number of piperazine rings is 1. The second kappa shape index (κ2) is 8.31. The van der Waals surface area contributed by atoms with E-state index in [1.54, 1.807) is 14.2 Å². The van der Waals surface area contributed by atoms with Crippen LogP contribution in [0.1, 0.15) is 19.9 Å². The van der Waals surface area contributed by atoms with Crippen molar-refractivity contribution in [2.45, 2.75) is 19.9 Å². The van der Waals surface area contributed by atoms with E-state index in [9.17, 15) is 0 Å². The Morgan fingerprint density at radius 2 is 1.52 bits per heavy atom. The third kappa shape index (κ3) is 3.63. The SMILES string of the molecule is COc1cc2nc(N3CCN(c4nc5ccccc5n4C(C)C)CC3)nc(N)c2cc1OC. The highest BCUT2D eigenvalue weighted by atomic mass is 16.5. The summed E-state index contributed by atoms with van der Waals surface area (Å²) in [6.07, 6.45) is 0. The molecule has 9 nitrogen and oxygen atoms in total. The Morgan fingerprint density at radius 3 is 2.21 bits per heavy atom. The molecule has 9 heteroatoms. The summed E-state index contributed by atoms with van der Waals surface area (Å²) in [7, 11) is 3.21. The molecule has 2 N–H and O–H groups in total. The summed E-state index contributed by atoms with van der Waals surface area (Å²) in [5.41, 5.74) is 9.22. The van der Waals surface area contributed by atoms with Crippen molar-refractivity contribution in [2.75, 3.05) is 55.9 Å². The minimum absolute atomic E-state index is 0.320. The molecule has 1 aliphatic heterocycles. The summed E-state index contributed by atoms with van der Waals surface area (Å²) in [5.74, 6) is 3.30. The summed E-state index contributed by atoms with van der Waals surface area (Å²) >= 11 is 0. The molecule has 0 saturated carbocycles. The first-order valence-electron chi connectivity index (χ1n) is 11.2. The Hall–Kier alpha value is -3.75. The van der Waals surface area contributed by atoms with E-state index >= 15 is 0 Å². The van der Waals surface area contributed by atoms with E-state index in [2.05, 4.69) is 51.4 Å². The molecule has 172 valence electrons. The van der Waals surface area contributed by atoms with Gasteiger partial charge in [-0.05, 0) is 32.0 Å². The summed E-state index contributed by atoms with van der Waals surface area (Å²) < 4.78 is 13.1. The number of nitrogen functional groups attached to an aromatic ring is 1. The highest BCUT2D eigenvalue weighted by molar-refractivity contribution is 5.91. The fourth-order valence-electron chi connectivity index (χ4n) is 4.48. The lowest BCUT2D eigenvalue weighted by molar-refractivity contribution is 0.356. The van der Waals surface area contributed by atoms with Gasteiger partial charge in [0.2, 0.25) is 11.9 Å².